The minimum atomic E-state index is -0.505. The van der Waals surface area contributed by atoms with Crippen LogP contribution in [0.2, 0.25) is 0 Å². The fraction of sp³-hybridized carbons (Fsp3) is 0.500. The third-order valence-corrected chi connectivity index (χ3v) is 3.97. The van der Waals surface area contributed by atoms with Gasteiger partial charge in [-0.1, -0.05) is 0 Å². The van der Waals surface area contributed by atoms with Crippen LogP contribution in [0, 0.1) is 10.1 Å². The second kappa shape index (κ2) is 8.70. The molecule has 2 N–H and O–H groups in total. The van der Waals surface area contributed by atoms with E-state index in [0.717, 1.165) is 49.7 Å². The van der Waals surface area contributed by atoms with Crippen molar-refractivity contribution in [2.45, 2.75) is 32.7 Å². The zero-order chi connectivity index (χ0) is 18.4. The van der Waals surface area contributed by atoms with Crippen LogP contribution in [0.25, 0.3) is 6.08 Å². The third kappa shape index (κ3) is 4.75. The first-order valence-corrected chi connectivity index (χ1v) is 8.44. The number of nitrogens with zero attached hydrogens (tertiary/aromatic N) is 5. The standard InChI is InChI=1S/C8H9N3O3.C8H13N3O/c12-11(13)2-1-7-5-10-3-4-14-6-8(10)9-7;9-2-1-7-5-11-3-4-12-6-8(11)10-7/h1-2,5H,3-4,6H2;5H,1-4,6,9H2/b2-1+;. The number of fused-ring (bicyclic) bond motifs is 2. The molecule has 0 aliphatic carbocycles. The van der Waals surface area contributed by atoms with Crippen molar-refractivity contribution in [3.63, 3.8) is 0 Å². The van der Waals surface area contributed by atoms with Gasteiger partial charge in [0.25, 0.3) is 0 Å². The number of nitro groups is 1. The summed E-state index contributed by atoms with van der Waals surface area (Å²) in [4.78, 5) is 18.1. The van der Waals surface area contributed by atoms with E-state index in [1.807, 2.05) is 4.57 Å². The maximum atomic E-state index is 10.1. The van der Waals surface area contributed by atoms with Crippen LogP contribution in [0.4, 0.5) is 0 Å². The van der Waals surface area contributed by atoms with E-state index in [2.05, 4.69) is 20.7 Å². The van der Waals surface area contributed by atoms with Crippen molar-refractivity contribution in [3.05, 3.63) is 51.7 Å². The fourth-order valence-corrected chi connectivity index (χ4v) is 2.75. The summed E-state index contributed by atoms with van der Waals surface area (Å²) in [6.07, 6.45) is 6.99. The van der Waals surface area contributed by atoms with Crippen LogP contribution >= 0.6 is 0 Å². The molecule has 0 saturated carbocycles. The third-order valence-electron chi connectivity index (χ3n) is 3.97. The van der Waals surface area contributed by atoms with Crippen LogP contribution in [0.3, 0.4) is 0 Å². The molecule has 2 aromatic heterocycles. The van der Waals surface area contributed by atoms with E-state index in [0.29, 0.717) is 32.1 Å². The molecule has 4 heterocycles. The highest BCUT2D eigenvalue weighted by atomic mass is 16.6. The van der Waals surface area contributed by atoms with E-state index in [1.165, 1.54) is 6.08 Å². The fourth-order valence-electron chi connectivity index (χ4n) is 2.75. The van der Waals surface area contributed by atoms with E-state index in [4.69, 9.17) is 15.2 Å². The van der Waals surface area contributed by atoms with Crippen LogP contribution in [0.15, 0.2) is 18.6 Å². The summed E-state index contributed by atoms with van der Waals surface area (Å²) in [7, 11) is 0. The molecule has 0 fully saturated rings. The molecule has 0 radical (unpaired) electrons. The number of hydrogen-bond acceptors (Lipinski definition) is 7. The first-order valence-electron chi connectivity index (χ1n) is 8.44. The summed E-state index contributed by atoms with van der Waals surface area (Å²) >= 11 is 0. The van der Waals surface area contributed by atoms with E-state index in [-0.39, 0.29) is 0 Å². The Morgan fingerprint density at radius 2 is 1.81 bits per heavy atom. The van der Waals surface area contributed by atoms with Gasteiger partial charge in [-0.15, -0.1) is 0 Å². The van der Waals surface area contributed by atoms with Gasteiger partial charge in [0.1, 0.15) is 24.9 Å². The van der Waals surface area contributed by atoms with Gasteiger partial charge in [-0.3, -0.25) is 10.1 Å². The summed E-state index contributed by atoms with van der Waals surface area (Å²) in [6, 6.07) is 0. The summed E-state index contributed by atoms with van der Waals surface area (Å²) in [6.45, 7) is 4.93. The number of ether oxygens (including phenoxy) is 2. The first kappa shape index (κ1) is 18.2. The van der Waals surface area contributed by atoms with Crippen LogP contribution in [0.5, 0.6) is 0 Å². The molecule has 10 heteroatoms. The Bertz CT molecular complexity index is 735. The summed E-state index contributed by atoms with van der Waals surface area (Å²) in [5.41, 5.74) is 7.12. The van der Waals surface area contributed by atoms with Crippen LogP contribution < -0.4 is 5.73 Å². The Balaban J connectivity index is 0.000000152. The monoisotopic (exact) mass is 362 g/mol. The Morgan fingerprint density at radius 3 is 2.38 bits per heavy atom. The minimum absolute atomic E-state index is 0.478. The molecule has 2 aromatic rings. The van der Waals surface area contributed by atoms with Gasteiger partial charge >= 0.3 is 0 Å². The SMILES string of the molecule is NCCc1cn2c(n1)COCC2.O=[N+]([O-])/C=C/c1cn2c(n1)COCC2. The molecule has 0 amide bonds. The van der Waals surface area contributed by atoms with Crippen molar-refractivity contribution >= 4 is 6.08 Å². The highest BCUT2D eigenvalue weighted by Crippen LogP contribution is 2.11. The van der Waals surface area contributed by atoms with Gasteiger partial charge in [0.05, 0.1) is 29.5 Å². The van der Waals surface area contributed by atoms with Crippen molar-refractivity contribution in [2.24, 2.45) is 5.73 Å². The van der Waals surface area contributed by atoms with Crippen molar-refractivity contribution < 1.29 is 14.4 Å². The molecule has 2 aliphatic heterocycles. The number of aromatic nitrogens is 4. The van der Waals surface area contributed by atoms with Crippen molar-refractivity contribution in [3.8, 4) is 0 Å². The lowest BCUT2D eigenvalue weighted by molar-refractivity contribution is -0.401. The number of nitrogens with two attached hydrogens (primary N) is 1. The van der Waals surface area contributed by atoms with Gasteiger partial charge in [0.2, 0.25) is 6.20 Å². The van der Waals surface area contributed by atoms with Crippen LogP contribution in [-0.2, 0) is 42.2 Å². The van der Waals surface area contributed by atoms with Gasteiger partial charge < -0.3 is 24.3 Å². The molecule has 0 unspecified atom stereocenters. The van der Waals surface area contributed by atoms with E-state index in [9.17, 15) is 10.1 Å². The lowest BCUT2D eigenvalue weighted by Crippen LogP contribution is -2.15. The second-order valence-electron chi connectivity index (χ2n) is 5.86. The van der Waals surface area contributed by atoms with E-state index >= 15 is 0 Å². The predicted octanol–water partition coefficient (Wildman–Crippen LogP) is 0.575. The molecule has 0 aromatic carbocycles. The Morgan fingerprint density at radius 1 is 1.15 bits per heavy atom. The summed E-state index contributed by atoms with van der Waals surface area (Å²) in [5.74, 6) is 1.85. The van der Waals surface area contributed by atoms with E-state index < -0.39 is 4.92 Å². The smallest absolute Gasteiger partial charge is 0.236 e. The van der Waals surface area contributed by atoms with Crippen molar-refractivity contribution in [1.82, 2.24) is 19.1 Å². The number of rotatable bonds is 4. The van der Waals surface area contributed by atoms with Gasteiger partial charge in [-0.25, -0.2) is 9.97 Å². The number of imidazole rings is 2. The molecule has 2 aliphatic rings. The molecule has 0 bridgehead atoms. The molecular weight excluding hydrogens is 340 g/mol. The molecule has 26 heavy (non-hydrogen) atoms. The first-order chi connectivity index (χ1) is 12.7. The van der Waals surface area contributed by atoms with Crippen LogP contribution in [0.1, 0.15) is 23.0 Å². The highest BCUT2D eigenvalue weighted by Gasteiger charge is 2.12. The van der Waals surface area contributed by atoms with Crippen molar-refractivity contribution in [1.29, 1.82) is 0 Å². The van der Waals surface area contributed by atoms with Gasteiger partial charge in [-0.05, 0) is 6.54 Å². The van der Waals surface area contributed by atoms with Crippen LogP contribution in [-0.4, -0.2) is 43.8 Å². The summed E-state index contributed by atoms with van der Waals surface area (Å²) < 4.78 is 14.6. The van der Waals surface area contributed by atoms with Crippen molar-refractivity contribution in [2.75, 3.05) is 19.8 Å². The Labute approximate surface area is 150 Å². The Kier molecular flexibility index (Phi) is 6.10. The average molecular weight is 362 g/mol. The van der Waals surface area contributed by atoms with Gasteiger partial charge in [-0.2, -0.15) is 0 Å². The van der Waals surface area contributed by atoms with Gasteiger partial charge in [0.15, 0.2) is 0 Å². The molecule has 10 nitrogen and oxygen atoms in total. The lowest BCUT2D eigenvalue weighted by atomic mass is 10.3. The molecular formula is C16H22N6O4. The molecule has 0 atom stereocenters. The average Bonchev–Trinajstić information content (AvgIpc) is 3.23. The largest absolute Gasteiger partial charge is 0.372 e. The summed E-state index contributed by atoms with van der Waals surface area (Å²) in [5, 5.41) is 10.1. The maximum Gasteiger partial charge on any atom is 0.236 e. The maximum absolute atomic E-state index is 10.1. The number of hydrogen-bond donors (Lipinski definition) is 1. The molecule has 0 saturated heterocycles. The Hall–Kier alpha value is -2.56. The molecule has 4 rings (SSSR count). The lowest BCUT2D eigenvalue weighted by Gasteiger charge is -2.13. The molecule has 0 spiro atoms. The zero-order valence-electron chi connectivity index (χ0n) is 14.4. The minimum Gasteiger partial charge on any atom is -0.372 e. The molecule has 140 valence electrons. The topological polar surface area (TPSA) is 123 Å². The quantitative estimate of drug-likeness (QED) is 0.623. The van der Waals surface area contributed by atoms with Gasteiger partial charge in [0, 0.05) is 38.0 Å². The second-order valence-corrected chi connectivity index (χ2v) is 5.86. The highest BCUT2D eigenvalue weighted by molar-refractivity contribution is 5.42. The van der Waals surface area contributed by atoms with E-state index in [1.54, 1.807) is 6.20 Å². The predicted molar refractivity (Wildman–Crippen MR) is 92.6 cm³/mol. The zero-order valence-corrected chi connectivity index (χ0v) is 14.4. The normalized spacial score (nSPS) is 15.9.